The summed E-state index contributed by atoms with van der Waals surface area (Å²) in [6.45, 7) is 2.32. The number of hydrogen-bond acceptors (Lipinski definition) is 5. The number of benzene rings is 3. The van der Waals surface area contributed by atoms with Crippen LogP contribution >= 0.6 is 0 Å². The largest absolute Gasteiger partial charge is 0.466 e. The van der Waals surface area contributed by atoms with E-state index in [0.717, 1.165) is 21.9 Å². The second kappa shape index (κ2) is 10.3. The number of esters is 1. The molecule has 0 bridgehead atoms. The highest BCUT2D eigenvalue weighted by atomic mass is 16.5. The Morgan fingerprint density at radius 1 is 0.871 bits per heavy atom. The molecule has 0 spiro atoms. The Morgan fingerprint density at radius 2 is 1.55 bits per heavy atom. The molecule has 0 aliphatic heterocycles. The van der Waals surface area contributed by atoms with Crippen LogP contribution in [-0.4, -0.2) is 26.3 Å². The summed E-state index contributed by atoms with van der Waals surface area (Å²) in [5.74, 6) is -0.535. The van der Waals surface area contributed by atoms with Gasteiger partial charge in [0.2, 0.25) is 0 Å². The van der Waals surface area contributed by atoms with Crippen LogP contribution in [0.15, 0.2) is 84.1 Å². The van der Waals surface area contributed by atoms with Gasteiger partial charge in [-0.05, 0) is 34.9 Å². The van der Waals surface area contributed by atoms with Gasteiger partial charge in [0.25, 0.3) is 0 Å². The summed E-state index contributed by atoms with van der Waals surface area (Å²) in [6, 6.07) is 22.8. The Bertz CT molecular complexity index is 1090. The Labute approximate surface area is 181 Å². The van der Waals surface area contributed by atoms with Crippen LogP contribution < -0.4 is 10.6 Å². The zero-order valence-electron chi connectivity index (χ0n) is 17.8. The third-order valence-electron chi connectivity index (χ3n) is 5.05. The SMILES string of the molecule is COC(=O)NC(/C(C(=O)OC)=C(\C)NCc1ccccc1)c1ccc2ccccc2c1. The standard InChI is InChI=1S/C25H26N2O4/c1-17(26-16-18-9-5-4-6-10-18)22(24(28)30-2)23(27-25(29)31-3)21-14-13-19-11-7-8-12-20(19)15-21/h4-15,23,26H,16H2,1-3H3,(H,27,29)/b22-17-. The third-order valence-corrected chi connectivity index (χ3v) is 5.05. The van der Waals surface area contributed by atoms with Crippen molar-refractivity contribution in [1.29, 1.82) is 0 Å². The summed E-state index contributed by atoms with van der Waals surface area (Å²) in [5, 5.41) is 8.12. The quantitative estimate of drug-likeness (QED) is 0.437. The fraction of sp³-hybridized carbons (Fsp3) is 0.200. The number of amides is 1. The van der Waals surface area contributed by atoms with Crippen molar-refractivity contribution in [3.63, 3.8) is 0 Å². The first-order valence-corrected chi connectivity index (χ1v) is 9.93. The highest BCUT2D eigenvalue weighted by Gasteiger charge is 2.28. The fourth-order valence-electron chi connectivity index (χ4n) is 3.41. The van der Waals surface area contributed by atoms with Gasteiger partial charge in [-0.2, -0.15) is 0 Å². The summed E-state index contributed by atoms with van der Waals surface area (Å²) < 4.78 is 9.88. The van der Waals surface area contributed by atoms with Crippen molar-refractivity contribution in [1.82, 2.24) is 10.6 Å². The van der Waals surface area contributed by atoms with Crippen LogP contribution in [0.4, 0.5) is 4.79 Å². The van der Waals surface area contributed by atoms with Crippen molar-refractivity contribution in [2.45, 2.75) is 19.5 Å². The molecule has 0 radical (unpaired) electrons. The normalized spacial score (nSPS) is 12.5. The molecule has 0 aliphatic carbocycles. The molecular weight excluding hydrogens is 392 g/mol. The van der Waals surface area contributed by atoms with Crippen LogP contribution in [0.25, 0.3) is 10.8 Å². The number of fused-ring (bicyclic) bond motifs is 1. The first-order chi connectivity index (χ1) is 15.0. The van der Waals surface area contributed by atoms with Gasteiger partial charge in [-0.1, -0.05) is 66.7 Å². The van der Waals surface area contributed by atoms with Crippen molar-refractivity contribution < 1.29 is 19.1 Å². The number of allylic oxidation sites excluding steroid dienone is 1. The second-order valence-electron chi connectivity index (χ2n) is 7.04. The van der Waals surface area contributed by atoms with Crippen LogP contribution in [-0.2, 0) is 20.8 Å². The summed E-state index contributed by atoms with van der Waals surface area (Å²) in [6.07, 6.45) is -0.643. The average molecular weight is 418 g/mol. The van der Waals surface area contributed by atoms with Crippen LogP contribution in [0.5, 0.6) is 0 Å². The van der Waals surface area contributed by atoms with Gasteiger partial charge in [0.15, 0.2) is 0 Å². The van der Waals surface area contributed by atoms with Gasteiger partial charge < -0.3 is 20.1 Å². The van der Waals surface area contributed by atoms with E-state index >= 15 is 0 Å². The van der Waals surface area contributed by atoms with E-state index in [4.69, 9.17) is 9.47 Å². The van der Waals surface area contributed by atoms with Crippen molar-refractivity contribution in [3.05, 3.63) is 95.2 Å². The topological polar surface area (TPSA) is 76.7 Å². The number of carbonyl (C=O) groups is 2. The number of alkyl carbamates (subject to hydrolysis) is 1. The smallest absolute Gasteiger partial charge is 0.407 e. The predicted octanol–water partition coefficient (Wildman–Crippen LogP) is 4.47. The lowest BCUT2D eigenvalue weighted by molar-refractivity contribution is -0.136. The van der Waals surface area contributed by atoms with E-state index in [1.165, 1.54) is 14.2 Å². The van der Waals surface area contributed by atoms with Gasteiger partial charge in [0, 0.05) is 12.2 Å². The maximum absolute atomic E-state index is 12.8. The summed E-state index contributed by atoms with van der Waals surface area (Å²) >= 11 is 0. The third kappa shape index (κ3) is 5.42. The van der Waals surface area contributed by atoms with Crippen LogP contribution in [0.3, 0.4) is 0 Å². The van der Waals surface area contributed by atoms with Crippen LogP contribution in [0, 0.1) is 0 Å². The van der Waals surface area contributed by atoms with E-state index in [9.17, 15) is 9.59 Å². The van der Waals surface area contributed by atoms with Gasteiger partial charge in [-0.15, -0.1) is 0 Å². The lowest BCUT2D eigenvalue weighted by atomic mass is 9.94. The lowest BCUT2D eigenvalue weighted by Crippen LogP contribution is -2.34. The van der Waals surface area contributed by atoms with E-state index in [2.05, 4.69) is 10.6 Å². The molecule has 3 rings (SSSR count). The summed E-state index contributed by atoms with van der Waals surface area (Å²) in [5.41, 5.74) is 2.71. The molecule has 3 aromatic rings. The maximum Gasteiger partial charge on any atom is 0.407 e. The van der Waals surface area contributed by atoms with Crippen LogP contribution in [0.1, 0.15) is 24.1 Å². The Morgan fingerprint density at radius 3 is 2.23 bits per heavy atom. The molecule has 1 amide bonds. The Hall–Kier alpha value is -3.80. The molecule has 3 aromatic carbocycles. The van der Waals surface area contributed by atoms with E-state index in [1.54, 1.807) is 6.92 Å². The van der Waals surface area contributed by atoms with Gasteiger partial charge in [-0.25, -0.2) is 9.59 Å². The van der Waals surface area contributed by atoms with Gasteiger partial charge >= 0.3 is 12.1 Å². The summed E-state index contributed by atoms with van der Waals surface area (Å²) in [7, 11) is 2.61. The molecule has 2 N–H and O–H groups in total. The van der Waals surface area contributed by atoms with Crippen molar-refractivity contribution in [2.24, 2.45) is 0 Å². The number of ether oxygens (including phenoxy) is 2. The first kappa shape index (κ1) is 21.9. The lowest BCUT2D eigenvalue weighted by Gasteiger charge is -2.23. The van der Waals surface area contributed by atoms with Gasteiger partial charge in [0.05, 0.1) is 25.8 Å². The predicted molar refractivity (Wildman–Crippen MR) is 120 cm³/mol. The van der Waals surface area contributed by atoms with E-state index in [0.29, 0.717) is 17.8 Å². The zero-order chi connectivity index (χ0) is 22.2. The van der Waals surface area contributed by atoms with Crippen molar-refractivity contribution in [2.75, 3.05) is 14.2 Å². The molecule has 1 unspecified atom stereocenters. The number of rotatable bonds is 7. The molecule has 0 saturated heterocycles. The minimum Gasteiger partial charge on any atom is -0.466 e. The average Bonchev–Trinajstić information content (AvgIpc) is 2.82. The molecule has 0 fully saturated rings. The second-order valence-corrected chi connectivity index (χ2v) is 7.04. The minimum atomic E-state index is -0.757. The number of nitrogens with one attached hydrogen (secondary N) is 2. The molecule has 0 saturated carbocycles. The Balaban J connectivity index is 2.03. The van der Waals surface area contributed by atoms with Crippen molar-refractivity contribution >= 4 is 22.8 Å². The van der Waals surface area contributed by atoms with E-state index in [-0.39, 0.29) is 0 Å². The molecule has 160 valence electrons. The molecule has 6 nitrogen and oxygen atoms in total. The van der Waals surface area contributed by atoms with Gasteiger partial charge in [-0.3, -0.25) is 0 Å². The highest BCUT2D eigenvalue weighted by molar-refractivity contribution is 5.92. The van der Waals surface area contributed by atoms with E-state index < -0.39 is 18.1 Å². The van der Waals surface area contributed by atoms with E-state index in [1.807, 2.05) is 72.8 Å². The van der Waals surface area contributed by atoms with Crippen molar-refractivity contribution in [3.8, 4) is 0 Å². The maximum atomic E-state index is 12.8. The van der Waals surface area contributed by atoms with Gasteiger partial charge in [0.1, 0.15) is 0 Å². The molecular formula is C25H26N2O4. The molecule has 0 aromatic heterocycles. The fourth-order valence-corrected chi connectivity index (χ4v) is 3.41. The van der Waals surface area contributed by atoms with Crippen LogP contribution in [0.2, 0.25) is 0 Å². The molecule has 1 atom stereocenters. The molecule has 31 heavy (non-hydrogen) atoms. The Kier molecular flexibility index (Phi) is 7.27. The molecule has 0 heterocycles. The monoisotopic (exact) mass is 418 g/mol. The number of hydrogen-bond donors (Lipinski definition) is 2. The highest BCUT2D eigenvalue weighted by Crippen LogP contribution is 2.28. The zero-order valence-corrected chi connectivity index (χ0v) is 17.8. The number of methoxy groups -OCH3 is 2. The molecule has 0 aliphatic rings. The number of carbonyl (C=O) groups excluding carboxylic acids is 2. The summed E-state index contributed by atoms with van der Waals surface area (Å²) in [4.78, 5) is 24.9. The molecule has 6 heteroatoms. The minimum absolute atomic E-state index is 0.305. The first-order valence-electron chi connectivity index (χ1n) is 9.93.